The maximum atomic E-state index is 11.0. The second-order valence-corrected chi connectivity index (χ2v) is 8.29. The first kappa shape index (κ1) is 27.3. The predicted molar refractivity (Wildman–Crippen MR) is 136 cm³/mol. The van der Waals surface area contributed by atoms with Crippen LogP contribution in [0.4, 0.5) is 14.5 Å². The maximum Gasteiger partial charge on any atom is 0.242 e. The highest BCUT2D eigenvalue weighted by Crippen LogP contribution is 2.30. The Bertz CT molecular complexity index is 1090. The lowest BCUT2D eigenvalue weighted by Crippen LogP contribution is -2.35. The SMILES string of the molecule is CC(C)(F)F.COc1ccc([C@@H](Nc2ccc(-c3ccc(O)cc3)cc2C=N)C(C)NC=O)cc1. The number of nitrogens with one attached hydrogen (secondary N) is 3. The van der Waals surface area contributed by atoms with Crippen LogP contribution in [0.1, 0.15) is 37.9 Å². The van der Waals surface area contributed by atoms with Gasteiger partial charge in [-0.2, -0.15) is 0 Å². The standard InChI is InChI=1S/C24H25N3O3.C3H6F2/c1-16(26-15-28)24(18-5-10-22(30-2)11-6-18)27-23-12-7-19(13-20(23)14-25)17-3-8-21(29)9-4-17;1-3(2,4)5/h3-16,24-25,27,29H,1-2H3,(H,26,28);1-2H3/t16?,24-;/m0./s1. The Morgan fingerprint density at radius 2 is 1.57 bits per heavy atom. The minimum Gasteiger partial charge on any atom is -0.508 e. The molecule has 0 spiro atoms. The van der Waals surface area contributed by atoms with Crippen LogP contribution < -0.4 is 15.4 Å². The highest BCUT2D eigenvalue weighted by Gasteiger charge is 2.20. The molecule has 0 fully saturated rings. The first-order valence-electron chi connectivity index (χ1n) is 11.0. The minimum atomic E-state index is -2.50. The van der Waals surface area contributed by atoms with E-state index in [1.807, 2.05) is 61.5 Å². The highest BCUT2D eigenvalue weighted by molar-refractivity contribution is 5.88. The van der Waals surface area contributed by atoms with Gasteiger partial charge in [-0.25, -0.2) is 8.78 Å². The van der Waals surface area contributed by atoms with Gasteiger partial charge in [0.25, 0.3) is 0 Å². The second kappa shape index (κ2) is 12.5. The number of methoxy groups -OCH3 is 1. The molecule has 0 aliphatic heterocycles. The second-order valence-electron chi connectivity index (χ2n) is 8.29. The van der Waals surface area contributed by atoms with E-state index in [0.29, 0.717) is 6.41 Å². The molecule has 1 unspecified atom stereocenters. The largest absolute Gasteiger partial charge is 0.508 e. The van der Waals surface area contributed by atoms with E-state index in [0.717, 1.165) is 47.5 Å². The van der Waals surface area contributed by atoms with E-state index in [1.165, 1.54) is 6.21 Å². The summed E-state index contributed by atoms with van der Waals surface area (Å²) < 4.78 is 27.3. The Morgan fingerprint density at radius 1 is 1.00 bits per heavy atom. The molecule has 0 aromatic heterocycles. The summed E-state index contributed by atoms with van der Waals surface area (Å²) in [6.45, 7) is 3.63. The van der Waals surface area contributed by atoms with Gasteiger partial charge >= 0.3 is 0 Å². The summed E-state index contributed by atoms with van der Waals surface area (Å²) in [4.78, 5) is 11.0. The van der Waals surface area contributed by atoms with E-state index in [1.54, 1.807) is 19.2 Å². The van der Waals surface area contributed by atoms with Crippen LogP contribution in [0, 0.1) is 5.41 Å². The normalized spacial score (nSPS) is 12.4. The molecule has 0 bridgehead atoms. The number of carbonyl (C=O) groups is 1. The third-order valence-corrected chi connectivity index (χ3v) is 5.02. The number of benzene rings is 3. The van der Waals surface area contributed by atoms with Gasteiger partial charge in [0.15, 0.2) is 0 Å². The highest BCUT2D eigenvalue weighted by atomic mass is 19.3. The van der Waals surface area contributed by atoms with Crippen LogP contribution in [0.25, 0.3) is 11.1 Å². The summed E-state index contributed by atoms with van der Waals surface area (Å²) in [6, 6.07) is 20.0. The molecule has 0 aliphatic rings. The lowest BCUT2D eigenvalue weighted by molar-refractivity contribution is -0.110. The Kier molecular flexibility index (Phi) is 9.75. The lowest BCUT2D eigenvalue weighted by atomic mass is 9.98. The van der Waals surface area contributed by atoms with Crippen LogP contribution in [0.2, 0.25) is 0 Å². The summed E-state index contributed by atoms with van der Waals surface area (Å²) in [7, 11) is 1.62. The van der Waals surface area contributed by atoms with Crippen molar-refractivity contribution in [3.63, 3.8) is 0 Å². The number of rotatable bonds is 9. The number of carbonyl (C=O) groups excluding carboxylic acids is 1. The molecule has 3 aromatic carbocycles. The minimum absolute atomic E-state index is 0.189. The molecule has 1 amide bonds. The van der Waals surface area contributed by atoms with Gasteiger partial charge < -0.3 is 25.9 Å². The van der Waals surface area contributed by atoms with Gasteiger partial charge in [0, 0.05) is 17.5 Å². The number of anilines is 1. The molecular formula is C27H31F2N3O3. The van der Waals surface area contributed by atoms with E-state index in [2.05, 4.69) is 10.6 Å². The molecule has 0 saturated carbocycles. The van der Waals surface area contributed by atoms with Gasteiger partial charge in [-0.05, 0) is 73.9 Å². The van der Waals surface area contributed by atoms with Crippen molar-refractivity contribution in [1.82, 2.24) is 5.32 Å². The number of hydrogen-bond acceptors (Lipinski definition) is 5. The Labute approximate surface area is 204 Å². The van der Waals surface area contributed by atoms with E-state index in [4.69, 9.17) is 10.1 Å². The van der Waals surface area contributed by atoms with Crippen molar-refractivity contribution < 1.29 is 23.4 Å². The van der Waals surface area contributed by atoms with Crippen molar-refractivity contribution in [1.29, 1.82) is 5.41 Å². The molecule has 0 heterocycles. The van der Waals surface area contributed by atoms with Gasteiger partial charge in [-0.3, -0.25) is 4.79 Å². The Hall–Kier alpha value is -3.94. The van der Waals surface area contributed by atoms with E-state index >= 15 is 0 Å². The van der Waals surface area contributed by atoms with Gasteiger partial charge in [0.1, 0.15) is 11.5 Å². The summed E-state index contributed by atoms with van der Waals surface area (Å²) in [6.07, 6.45) is 1.99. The van der Waals surface area contributed by atoms with Crippen molar-refractivity contribution in [2.45, 2.75) is 38.8 Å². The van der Waals surface area contributed by atoms with Crippen molar-refractivity contribution in [2.24, 2.45) is 0 Å². The fourth-order valence-corrected chi connectivity index (χ4v) is 3.33. The average molecular weight is 484 g/mol. The van der Waals surface area contributed by atoms with Gasteiger partial charge in [0.05, 0.1) is 19.2 Å². The van der Waals surface area contributed by atoms with Crippen molar-refractivity contribution in [3.05, 3.63) is 77.9 Å². The van der Waals surface area contributed by atoms with Crippen LogP contribution in [-0.4, -0.2) is 36.8 Å². The molecule has 8 heteroatoms. The number of phenolic OH excluding ortho intramolecular Hbond substituents is 1. The number of amides is 1. The Balaban J connectivity index is 0.000000784. The summed E-state index contributed by atoms with van der Waals surface area (Å²) in [5.41, 5.74) is 4.38. The molecule has 6 nitrogen and oxygen atoms in total. The maximum absolute atomic E-state index is 11.0. The van der Waals surface area contributed by atoms with Gasteiger partial charge in [-0.15, -0.1) is 0 Å². The van der Waals surface area contributed by atoms with Crippen LogP contribution in [0.3, 0.4) is 0 Å². The van der Waals surface area contributed by atoms with Crippen molar-refractivity contribution >= 4 is 18.3 Å². The Morgan fingerprint density at radius 3 is 2.09 bits per heavy atom. The quantitative estimate of drug-likeness (QED) is 0.221. The molecule has 0 radical (unpaired) electrons. The zero-order valence-corrected chi connectivity index (χ0v) is 20.2. The molecule has 186 valence electrons. The molecule has 2 atom stereocenters. The smallest absolute Gasteiger partial charge is 0.242 e. The average Bonchev–Trinajstić information content (AvgIpc) is 2.82. The molecule has 4 N–H and O–H groups in total. The molecule has 3 aromatic rings. The number of hydrogen-bond donors (Lipinski definition) is 4. The molecule has 0 aliphatic carbocycles. The number of aromatic hydroxyl groups is 1. The molecule has 0 saturated heterocycles. The van der Waals surface area contributed by atoms with E-state index < -0.39 is 5.92 Å². The van der Waals surface area contributed by atoms with Crippen LogP contribution >= 0.6 is 0 Å². The van der Waals surface area contributed by atoms with Crippen LogP contribution in [-0.2, 0) is 4.79 Å². The summed E-state index contributed by atoms with van der Waals surface area (Å²) >= 11 is 0. The predicted octanol–water partition coefficient (Wildman–Crippen LogP) is 6.01. The summed E-state index contributed by atoms with van der Waals surface area (Å²) in [5.74, 6) is -1.53. The van der Waals surface area contributed by atoms with Crippen molar-refractivity contribution in [3.8, 4) is 22.6 Å². The zero-order chi connectivity index (χ0) is 26.0. The number of halogens is 2. The zero-order valence-electron chi connectivity index (χ0n) is 20.2. The summed E-state index contributed by atoms with van der Waals surface area (Å²) in [5, 5.41) is 23.7. The molecule has 35 heavy (non-hydrogen) atoms. The first-order chi connectivity index (χ1) is 16.5. The molecular weight excluding hydrogens is 452 g/mol. The van der Waals surface area contributed by atoms with Crippen LogP contribution in [0.5, 0.6) is 11.5 Å². The fraction of sp³-hybridized carbons (Fsp3) is 0.259. The number of alkyl halides is 2. The van der Waals surface area contributed by atoms with Gasteiger partial charge in [-0.1, -0.05) is 30.3 Å². The third-order valence-electron chi connectivity index (χ3n) is 5.02. The van der Waals surface area contributed by atoms with E-state index in [-0.39, 0.29) is 17.8 Å². The molecule has 3 rings (SSSR count). The number of ether oxygens (including phenoxy) is 1. The van der Waals surface area contributed by atoms with Crippen molar-refractivity contribution in [2.75, 3.05) is 12.4 Å². The van der Waals surface area contributed by atoms with Crippen LogP contribution in [0.15, 0.2) is 66.7 Å². The topological polar surface area (TPSA) is 94.4 Å². The van der Waals surface area contributed by atoms with E-state index in [9.17, 15) is 18.7 Å². The van der Waals surface area contributed by atoms with Gasteiger partial charge in [0.2, 0.25) is 12.3 Å². The monoisotopic (exact) mass is 483 g/mol. The number of phenols is 1. The first-order valence-corrected chi connectivity index (χ1v) is 11.0. The lowest BCUT2D eigenvalue weighted by Gasteiger charge is -2.27. The third kappa shape index (κ3) is 8.73. The fourth-order valence-electron chi connectivity index (χ4n) is 3.33.